The van der Waals surface area contributed by atoms with E-state index in [0.717, 1.165) is 0 Å². The van der Waals surface area contributed by atoms with E-state index in [4.69, 9.17) is 3.95 Å². The molecule has 0 radical (unpaired) electrons. The Labute approximate surface area is 120 Å². The molecular formula is C16H13INP. The van der Waals surface area contributed by atoms with Crippen LogP contribution in [0.5, 0.6) is 0 Å². The van der Waals surface area contributed by atoms with Crippen LogP contribution in [0.4, 0.5) is 0 Å². The van der Waals surface area contributed by atoms with Crippen LogP contribution in [0.3, 0.4) is 0 Å². The zero-order chi connectivity index (χ0) is 13.0. The van der Waals surface area contributed by atoms with Crippen LogP contribution in [0.25, 0.3) is 32.3 Å². The van der Waals surface area contributed by atoms with E-state index in [9.17, 15) is 0 Å². The molecule has 3 heteroatoms. The molecule has 1 unspecified atom stereocenters. The van der Waals surface area contributed by atoms with Crippen molar-refractivity contribution >= 4 is 58.7 Å². The summed E-state index contributed by atoms with van der Waals surface area (Å²) in [5.41, 5.74) is 0. The van der Waals surface area contributed by atoms with Gasteiger partial charge in [0.2, 0.25) is 0 Å². The van der Waals surface area contributed by atoms with Crippen molar-refractivity contribution in [2.45, 2.75) is 0 Å². The van der Waals surface area contributed by atoms with Crippen LogP contribution in [-0.2, 0) is 0 Å². The van der Waals surface area contributed by atoms with Crippen LogP contribution in [-0.4, -0.2) is 0 Å². The Kier molecular flexibility index (Phi) is 2.66. The van der Waals surface area contributed by atoms with E-state index in [-0.39, 0.29) is 0 Å². The molecule has 0 aliphatic carbocycles. The number of rotatable bonds is 1. The van der Waals surface area contributed by atoms with Gasteiger partial charge in [0.05, 0.1) is 0 Å². The van der Waals surface area contributed by atoms with Crippen LogP contribution in [0.15, 0.2) is 54.6 Å². The molecule has 2 N–H and O–H groups in total. The first kappa shape index (κ1) is 11.8. The monoisotopic (exact) mass is 377 g/mol. The third-order valence-electron chi connectivity index (χ3n) is 3.68. The summed E-state index contributed by atoms with van der Waals surface area (Å²) in [6.45, 7) is 2.82. The van der Waals surface area contributed by atoms with Gasteiger partial charge in [0, 0.05) is 0 Å². The standard InChI is InChI=1S/C16H13INP/c18-17(19)14-8-12-6-4-10-2-1-3-11-5-7-13(9-14)16(12)15(10)11/h1-9H,18-19H2. The summed E-state index contributed by atoms with van der Waals surface area (Å²) >= 11 is -1.51. The molecule has 0 saturated carbocycles. The van der Waals surface area contributed by atoms with Crippen molar-refractivity contribution in [1.29, 1.82) is 0 Å². The van der Waals surface area contributed by atoms with E-state index < -0.39 is 19.5 Å². The predicted molar refractivity (Wildman–Crippen MR) is 96.8 cm³/mol. The third-order valence-corrected chi connectivity index (χ3v) is 7.43. The van der Waals surface area contributed by atoms with Crippen LogP contribution in [0.2, 0.25) is 0 Å². The summed E-state index contributed by atoms with van der Waals surface area (Å²) in [5.74, 6) is 0. The van der Waals surface area contributed by atoms with Crippen molar-refractivity contribution < 1.29 is 0 Å². The predicted octanol–water partition coefficient (Wildman–Crippen LogP) is 4.92. The summed E-state index contributed by atoms with van der Waals surface area (Å²) in [6, 6.07) is 19.9. The Morgan fingerprint density at radius 1 is 0.737 bits per heavy atom. The van der Waals surface area contributed by atoms with Crippen LogP contribution in [0, 0.1) is 3.57 Å². The van der Waals surface area contributed by atoms with Gasteiger partial charge in [-0.2, -0.15) is 0 Å². The Hall–Kier alpha value is -0.960. The molecule has 4 rings (SSSR count). The van der Waals surface area contributed by atoms with Gasteiger partial charge in [0.15, 0.2) is 0 Å². The zero-order valence-electron chi connectivity index (χ0n) is 10.2. The van der Waals surface area contributed by atoms with E-state index in [0.29, 0.717) is 0 Å². The molecule has 0 saturated heterocycles. The topological polar surface area (TPSA) is 26.0 Å². The van der Waals surface area contributed by atoms with E-state index in [1.54, 1.807) is 0 Å². The van der Waals surface area contributed by atoms with E-state index in [1.807, 2.05) is 0 Å². The van der Waals surface area contributed by atoms with Crippen LogP contribution < -0.4 is 3.95 Å². The third kappa shape index (κ3) is 1.74. The molecule has 0 aromatic heterocycles. The number of halogens is 1. The zero-order valence-corrected chi connectivity index (χ0v) is 13.5. The second-order valence-electron chi connectivity index (χ2n) is 4.78. The summed E-state index contributed by atoms with van der Waals surface area (Å²) in [5, 5.41) is 8.01. The number of benzene rings is 4. The van der Waals surface area contributed by atoms with Gasteiger partial charge in [0.25, 0.3) is 0 Å². The van der Waals surface area contributed by atoms with Crippen LogP contribution in [0.1, 0.15) is 0 Å². The van der Waals surface area contributed by atoms with Gasteiger partial charge in [-0.1, -0.05) is 0 Å². The van der Waals surface area contributed by atoms with Gasteiger partial charge in [-0.25, -0.2) is 0 Å². The van der Waals surface area contributed by atoms with E-state index in [1.165, 1.54) is 35.9 Å². The molecule has 1 nitrogen and oxygen atoms in total. The number of hydrogen-bond donors (Lipinski definition) is 1. The summed E-state index contributed by atoms with van der Waals surface area (Å²) < 4.78 is 7.47. The summed E-state index contributed by atoms with van der Waals surface area (Å²) in [6.07, 6.45) is 0. The van der Waals surface area contributed by atoms with Crippen molar-refractivity contribution in [3.63, 3.8) is 0 Å². The van der Waals surface area contributed by atoms with Gasteiger partial charge >= 0.3 is 121 Å². The molecule has 0 spiro atoms. The maximum atomic E-state index is 6.15. The van der Waals surface area contributed by atoms with Crippen molar-refractivity contribution in [2.24, 2.45) is 3.95 Å². The first-order valence-electron chi connectivity index (χ1n) is 6.10. The van der Waals surface area contributed by atoms with Crippen molar-refractivity contribution in [3.05, 3.63) is 58.2 Å². The molecule has 0 fully saturated rings. The number of hydrogen-bond acceptors (Lipinski definition) is 1. The van der Waals surface area contributed by atoms with Gasteiger partial charge < -0.3 is 0 Å². The van der Waals surface area contributed by atoms with Gasteiger partial charge in [0.1, 0.15) is 0 Å². The average molecular weight is 377 g/mol. The molecular weight excluding hydrogens is 364 g/mol. The minimum absolute atomic E-state index is 1.31. The minimum atomic E-state index is -1.51. The molecule has 19 heavy (non-hydrogen) atoms. The Morgan fingerprint density at radius 3 is 1.74 bits per heavy atom. The van der Waals surface area contributed by atoms with Crippen LogP contribution >= 0.6 is 26.4 Å². The van der Waals surface area contributed by atoms with Crippen molar-refractivity contribution in [1.82, 2.24) is 0 Å². The van der Waals surface area contributed by atoms with E-state index in [2.05, 4.69) is 61.5 Å². The fourth-order valence-electron chi connectivity index (χ4n) is 2.84. The molecule has 94 valence electrons. The van der Waals surface area contributed by atoms with Crippen molar-refractivity contribution in [2.75, 3.05) is 0 Å². The molecule has 0 amide bonds. The quantitative estimate of drug-likeness (QED) is 0.217. The molecule has 0 bridgehead atoms. The van der Waals surface area contributed by atoms with Gasteiger partial charge in [-0.05, 0) is 0 Å². The fraction of sp³-hybridized carbons (Fsp3) is 0. The SMILES string of the molecule is NI(P)c1cc2ccc3cccc4ccc(c1)c2c34. The molecule has 4 aromatic carbocycles. The Morgan fingerprint density at radius 2 is 1.21 bits per heavy atom. The van der Waals surface area contributed by atoms with Gasteiger partial charge in [-0.3, -0.25) is 0 Å². The van der Waals surface area contributed by atoms with E-state index >= 15 is 0 Å². The number of nitrogens with two attached hydrogens (primary N) is 1. The Balaban J connectivity index is 2.28. The molecule has 1 atom stereocenters. The maximum absolute atomic E-state index is 6.15. The van der Waals surface area contributed by atoms with Gasteiger partial charge in [-0.15, -0.1) is 0 Å². The molecule has 0 aliphatic rings. The second-order valence-corrected chi connectivity index (χ2v) is 11.1. The van der Waals surface area contributed by atoms with Crippen molar-refractivity contribution in [3.8, 4) is 0 Å². The first-order chi connectivity index (χ1) is 9.24. The summed E-state index contributed by atoms with van der Waals surface area (Å²) in [7, 11) is 0. The average Bonchev–Trinajstić information content (AvgIpc) is 2.44. The molecule has 4 aromatic rings. The normalized spacial score (nSPS) is 12.6. The fourth-order valence-corrected chi connectivity index (χ4v) is 5.08. The Bertz CT molecular complexity index is 837. The summed E-state index contributed by atoms with van der Waals surface area (Å²) in [4.78, 5) is 0. The molecule has 0 aliphatic heterocycles. The first-order valence-corrected chi connectivity index (χ1v) is 12.6. The second kappa shape index (κ2) is 4.27. The molecule has 0 heterocycles.